The van der Waals surface area contributed by atoms with Gasteiger partial charge in [0.1, 0.15) is 11.6 Å². The largest absolute Gasteiger partial charge is 0.494 e. The van der Waals surface area contributed by atoms with Crippen LogP contribution in [0.5, 0.6) is 5.75 Å². The highest BCUT2D eigenvalue weighted by atomic mass is 35.5. The number of carbonyl (C=O) groups excluding carboxylic acids is 3. The Labute approximate surface area is 236 Å². The molecular formula is C29H27ClN6O4. The lowest BCUT2D eigenvalue weighted by Gasteiger charge is -2.28. The van der Waals surface area contributed by atoms with Crippen LogP contribution >= 0.6 is 11.6 Å². The number of rotatable bonds is 8. The first-order valence-electron chi connectivity index (χ1n) is 12.4. The summed E-state index contributed by atoms with van der Waals surface area (Å²) in [6, 6.07) is 12.8. The van der Waals surface area contributed by atoms with Crippen molar-refractivity contribution in [2.75, 3.05) is 30.8 Å². The van der Waals surface area contributed by atoms with E-state index in [1.165, 1.54) is 25.4 Å². The quantitative estimate of drug-likeness (QED) is 0.216. The van der Waals surface area contributed by atoms with E-state index < -0.39 is 11.8 Å². The molecule has 11 heteroatoms. The molecule has 0 saturated carbocycles. The number of benzene rings is 2. The van der Waals surface area contributed by atoms with Crippen LogP contribution in [0.15, 0.2) is 59.7 Å². The van der Waals surface area contributed by atoms with Gasteiger partial charge < -0.3 is 26.0 Å². The number of nitrogens with two attached hydrogens (primary N) is 1. The summed E-state index contributed by atoms with van der Waals surface area (Å²) in [7, 11) is 1.41. The first-order valence-corrected chi connectivity index (χ1v) is 12.8. The van der Waals surface area contributed by atoms with Gasteiger partial charge in [-0.25, -0.2) is 9.98 Å². The zero-order chi connectivity index (χ0) is 28.6. The maximum absolute atomic E-state index is 13.1. The van der Waals surface area contributed by atoms with Crippen LogP contribution in [-0.4, -0.2) is 54.1 Å². The second-order valence-corrected chi connectivity index (χ2v) is 9.46. The van der Waals surface area contributed by atoms with Crippen LogP contribution in [-0.2, 0) is 4.79 Å². The minimum absolute atomic E-state index is 0.0850. The number of methoxy groups -OCH3 is 1. The van der Waals surface area contributed by atoms with E-state index in [9.17, 15) is 14.4 Å². The van der Waals surface area contributed by atoms with Gasteiger partial charge in [0.05, 0.1) is 30.4 Å². The van der Waals surface area contributed by atoms with E-state index in [-0.39, 0.29) is 39.7 Å². The molecule has 1 aromatic heterocycles. The first-order chi connectivity index (χ1) is 19.3. The van der Waals surface area contributed by atoms with Crippen molar-refractivity contribution >= 4 is 52.9 Å². The van der Waals surface area contributed by atoms with E-state index in [0.717, 1.165) is 0 Å². The normalized spacial score (nSPS) is 13.5. The van der Waals surface area contributed by atoms with Crippen molar-refractivity contribution in [2.24, 2.45) is 16.6 Å². The van der Waals surface area contributed by atoms with Crippen molar-refractivity contribution in [3.63, 3.8) is 0 Å². The van der Waals surface area contributed by atoms with Gasteiger partial charge in [-0.05, 0) is 55.3 Å². The highest BCUT2D eigenvalue weighted by Gasteiger charge is 2.22. The number of pyridine rings is 1. The Kier molecular flexibility index (Phi) is 8.99. The summed E-state index contributed by atoms with van der Waals surface area (Å²) in [6.07, 6.45) is 9.93. The number of ether oxygens (including phenoxy) is 1. The van der Waals surface area contributed by atoms with Crippen LogP contribution in [0.4, 0.5) is 17.2 Å². The van der Waals surface area contributed by atoms with Gasteiger partial charge in [0.2, 0.25) is 5.91 Å². The minimum Gasteiger partial charge on any atom is -0.494 e. The Morgan fingerprint density at radius 3 is 2.45 bits per heavy atom. The van der Waals surface area contributed by atoms with E-state index in [1.54, 1.807) is 42.7 Å². The van der Waals surface area contributed by atoms with Gasteiger partial charge in [-0.1, -0.05) is 17.5 Å². The summed E-state index contributed by atoms with van der Waals surface area (Å²) >= 11 is 6.22. The summed E-state index contributed by atoms with van der Waals surface area (Å²) < 4.78 is 5.40. The van der Waals surface area contributed by atoms with Crippen molar-refractivity contribution in [3.05, 3.63) is 76.4 Å². The van der Waals surface area contributed by atoms with E-state index in [4.69, 9.17) is 28.5 Å². The van der Waals surface area contributed by atoms with Gasteiger partial charge >= 0.3 is 0 Å². The molecule has 1 fully saturated rings. The van der Waals surface area contributed by atoms with Gasteiger partial charge in [0.15, 0.2) is 0 Å². The third-order valence-electron chi connectivity index (χ3n) is 6.37. The summed E-state index contributed by atoms with van der Waals surface area (Å²) in [5.41, 5.74) is 7.18. The lowest BCUT2D eigenvalue weighted by atomic mass is 9.97. The molecule has 0 radical (unpaired) electrons. The third-order valence-corrected chi connectivity index (χ3v) is 6.59. The fraction of sp³-hybridized carbons (Fsp3) is 0.207. The number of piperidine rings is 1. The number of aliphatic imine (C=N–C) groups is 1. The Bertz CT molecular complexity index is 1470. The summed E-state index contributed by atoms with van der Waals surface area (Å²) in [4.78, 5) is 48.2. The van der Waals surface area contributed by atoms with Crippen LogP contribution in [0.3, 0.4) is 0 Å². The second kappa shape index (κ2) is 12.8. The molecule has 10 nitrogen and oxygen atoms in total. The molecule has 1 aliphatic rings. The molecule has 2 heterocycles. The predicted octanol–water partition coefficient (Wildman–Crippen LogP) is 4.09. The highest BCUT2D eigenvalue weighted by molar-refractivity contribution is 6.31. The minimum atomic E-state index is -0.554. The zero-order valence-corrected chi connectivity index (χ0v) is 22.4. The number of halogens is 1. The smallest absolute Gasteiger partial charge is 0.259 e. The molecule has 40 heavy (non-hydrogen) atoms. The average molecular weight is 559 g/mol. The van der Waals surface area contributed by atoms with Gasteiger partial charge in [-0.3, -0.25) is 14.4 Å². The zero-order valence-electron chi connectivity index (χ0n) is 21.7. The Morgan fingerprint density at radius 1 is 1.12 bits per heavy atom. The van der Waals surface area contributed by atoms with Gasteiger partial charge in [0.25, 0.3) is 11.8 Å². The summed E-state index contributed by atoms with van der Waals surface area (Å²) in [5.74, 6) is 1.57. The molecule has 0 atom stereocenters. The van der Waals surface area contributed by atoms with Crippen molar-refractivity contribution in [2.45, 2.75) is 12.8 Å². The SMILES string of the molecule is C#Cc1ccc(NC(=O)c2cc(Cl)cc(OC)c2NC(=O)c2ccc(N=CN3CCC(C(N)=O)CC3)cc2)nc1. The Hall–Kier alpha value is -4.88. The second-order valence-electron chi connectivity index (χ2n) is 9.02. The van der Waals surface area contributed by atoms with Crippen LogP contribution in [0.2, 0.25) is 5.02 Å². The lowest BCUT2D eigenvalue weighted by molar-refractivity contribution is -0.122. The molecule has 204 valence electrons. The maximum atomic E-state index is 13.1. The number of anilines is 2. The first kappa shape index (κ1) is 28.1. The van der Waals surface area contributed by atoms with E-state index >= 15 is 0 Å². The van der Waals surface area contributed by atoms with Crippen LogP contribution in [0, 0.1) is 18.3 Å². The number of amides is 3. The number of likely N-dealkylation sites (tertiary alicyclic amines) is 1. The third kappa shape index (κ3) is 6.95. The highest BCUT2D eigenvalue weighted by Crippen LogP contribution is 2.33. The molecule has 4 N–H and O–H groups in total. The molecule has 0 spiro atoms. The van der Waals surface area contributed by atoms with Crippen molar-refractivity contribution in [3.8, 4) is 18.1 Å². The molecule has 0 bridgehead atoms. The molecule has 1 aliphatic heterocycles. The standard InChI is InChI=1S/C29H27ClN6O4/c1-3-18-4-9-25(32-16-18)34-29(39)23-14-21(30)15-24(40-2)26(23)35-28(38)20-5-7-22(8-6-20)33-17-36-12-10-19(11-13-36)27(31)37/h1,4-9,14-17,19H,10-13H2,2H3,(H2,31,37)(H,35,38)(H,32,34,39). The molecular weight excluding hydrogens is 532 g/mol. The number of primary amides is 1. The van der Waals surface area contributed by atoms with Gasteiger partial charge in [-0.15, -0.1) is 6.42 Å². The molecule has 3 amide bonds. The Balaban J connectivity index is 1.47. The number of hydrogen-bond acceptors (Lipinski definition) is 6. The fourth-order valence-corrected chi connectivity index (χ4v) is 4.33. The number of nitrogens with zero attached hydrogens (tertiary/aromatic N) is 3. The Morgan fingerprint density at radius 2 is 1.85 bits per heavy atom. The van der Waals surface area contributed by atoms with E-state index in [1.807, 2.05) is 4.90 Å². The van der Waals surface area contributed by atoms with Crippen molar-refractivity contribution < 1.29 is 19.1 Å². The number of carbonyl (C=O) groups is 3. The number of aromatic nitrogens is 1. The molecule has 2 aromatic carbocycles. The van der Waals surface area contributed by atoms with Crippen molar-refractivity contribution in [1.82, 2.24) is 9.88 Å². The summed E-state index contributed by atoms with van der Waals surface area (Å²) in [5, 5.41) is 5.68. The van der Waals surface area contributed by atoms with Gasteiger partial charge in [-0.2, -0.15) is 0 Å². The van der Waals surface area contributed by atoms with Gasteiger partial charge in [0, 0.05) is 47.4 Å². The van der Waals surface area contributed by atoms with Crippen LogP contribution in [0.25, 0.3) is 0 Å². The number of hydrogen-bond donors (Lipinski definition) is 3. The number of terminal acetylenes is 1. The van der Waals surface area contributed by atoms with Crippen molar-refractivity contribution in [1.29, 1.82) is 0 Å². The maximum Gasteiger partial charge on any atom is 0.259 e. The number of nitrogens with one attached hydrogen (secondary N) is 2. The van der Waals surface area contributed by atoms with E-state index in [2.05, 4.69) is 26.5 Å². The molecule has 0 aliphatic carbocycles. The molecule has 0 unspecified atom stereocenters. The summed E-state index contributed by atoms with van der Waals surface area (Å²) in [6.45, 7) is 1.39. The van der Waals surface area contributed by atoms with Crippen LogP contribution < -0.4 is 21.1 Å². The lowest BCUT2D eigenvalue weighted by Crippen LogP contribution is -2.37. The fourth-order valence-electron chi connectivity index (χ4n) is 4.12. The topological polar surface area (TPSA) is 139 Å². The molecule has 3 aromatic rings. The average Bonchev–Trinajstić information content (AvgIpc) is 2.97. The molecule has 4 rings (SSSR count). The molecule has 1 saturated heterocycles. The van der Waals surface area contributed by atoms with E-state index in [0.29, 0.717) is 42.7 Å². The predicted molar refractivity (Wildman–Crippen MR) is 154 cm³/mol. The monoisotopic (exact) mass is 558 g/mol. The van der Waals surface area contributed by atoms with Crippen LogP contribution in [0.1, 0.15) is 39.1 Å².